The van der Waals surface area contributed by atoms with E-state index >= 15 is 0 Å². The lowest BCUT2D eigenvalue weighted by atomic mass is 9.97. The molecule has 0 bridgehead atoms. The van der Waals surface area contributed by atoms with E-state index in [9.17, 15) is 14.7 Å². The summed E-state index contributed by atoms with van der Waals surface area (Å²) in [6.45, 7) is 5.48. The number of hydrogen-bond acceptors (Lipinski definition) is 5. The minimum absolute atomic E-state index is 0.234. The third kappa shape index (κ3) is 3.70. The summed E-state index contributed by atoms with van der Waals surface area (Å²) in [7, 11) is 0. The molecule has 1 aliphatic heterocycles. The van der Waals surface area contributed by atoms with Crippen molar-refractivity contribution in [1.82, 2.24) is 0 Å². The van der Waals surface area contributed by atoms with Crippen molar-refractivity contribution in [2.45, 2.75) is 39.2 Å². The summed E-state index contributed by atoms with van der Waals surface area (Å²) in [4.78, 5) is 24.3. The van der Waals surface area contributed by atoms with Crippen molar-refractivity contribution >= 4 is 23.5 Å². The fraction of sp³-hybridized carbons (Fsp3) is 0.529. The lowest BCUT2D eigenvalue weighted by molar-refractivity contribution is -0.165. The molecule has 1 heterocycles. The number of carbonyl (C=O) groups excluding carboxylic acids is 2. The molecular formula is C17H22O4S. The van der Waals surface area contributed by atoms with E-state index < -0.39 is 11.6 Å². The van der Waals surface area contributed by atoms with Gasteiger partial charge in [0.05, 0.1) is 0 Å². The number of carbonyl (C=O) groups is 2. The van der Waals surface area contributed by atoms with E-state index in [1.54, 1.807) is 11.8 Å². The van der Waals surface area contributed by atoms with Gasteiger partial charge in [0.1, 0.15) is 0 Å². The lowest BCUT2D eigenvalue weighted by Crippen LogP contribution is -2.43. The highest BCUT2D eigenvalue weighted by molar-refractivity contribution is 7.99. The first-order valence-electron chi connectivity index (χ1n) is 7.42. The number of aryl methyl sites for hydroxylation is 3. The number of hydrogen-bond donors (Lipinski definition) is 1. The van der Waals surface area contributed by atoms with Gasteiger partial charge in [-0.2, -0.15) is 11.8 Å². The maximum absolute atomic E-state index is 12.3. The van der Waals surface area contributed by atoms with Crippen molar-refractivity contribution in [2.75, 3.05) is 18.1 Å². The van der Waals surface area contributed by atoms with E-state index in [1.165, 1.54) is 0 Å². The highest BCUT2D eigenvalue weighted by atomic mass is 32.2. The number of Topliss-reactive ketones (excluding diaryl/α,β-unsaturated/α-hetero) is 1. The molecule has 0 atom stereocenters. The Bertz CT molecular complexity index is 589. The number of esters is 1. The average molecular weight is 322 g/mol. The molecule has 0 spiro atoms. The van der Waals surface area contributed by atoms with Crippen molar-refractivity contribution in [3.8, 4) is 0 Å². The number of benzene rings is 1. The standard InChI is InChI=1S/C17H22O4S/c1-11-8-13(3)14(9-12(11)2)15(18)10-21-16(19)17(20)4-6-22-7-5-17/h8-9,20H,4-7,10H2,1-3H3. The van der Waals surface area contributed by atoms with Crippen LogP contribution >= 0.6 is 11.8 Å². The molecule has 2 rings (SSSR count). The van der Waals surface area contributed by atoms with E-state index in [4.69, 9.17) is 4.74 Å². The van der Waals surface area contributed by atoms with Crippen molar-refractivity contribution in [3.63, 3.8) is 0 Å². The Morgan fingerprint density at radius 1 is 1.14 bits per heavy atom. The fourth-order valence-electron chi connectivity index (χ4n) is 2.52. The van der Waals surface area contributed by atoms with Gasteiger partial charge in [0.15, 0.2) is 12.2 Å². The number of aliphatic hydroxyl groups is 1. The smallest absolute Gasteiger partial charge is 0.338 e. The van der Waals surface area contributed by atoms with Crippen LogP contribution in [0.1, 0.15) is 39.9 Å². The second kappa shape index (κ2) is 6.84. The molecule has 1 fully saturated rings. The molecule has 0 unspecified atom stereocenters. The molecule has 1 aromatic rings. The van der Waals surface area contributed by atoms with Crippen LogP contribution < -0.4 is 0 Å². The molecule has 22 heavy (non-hydrogen) atoms. The van der Waals surface area contributed by atoms with Crippen molar-refractivity contribution < 1.29 is 19.4 Å². The maximum atomic E-state index is 12.3. The normalized spacial score (nSPS) is 17.1. The lowest BCUT2D eigenvalue weighted by Gasteiger charge is -2.29. The van der Waals surface area contributed by atoms with Crippen molar-refractivity contribution in [1.29, 1.82) is 0 Å². The molecule has 0 radical (unpaired) electrons. The Kier molecular flexibility index (Phi) is 5.29. The first kappa shape index (κ1) is 17.0. The minimum atomic E-state index is -1.43. The number of ether oxygens (including phenoxy) is 1. The predicted octanol–water partition coefficient (Wildman–Crippen LogP) is 2.60. The van der Waals surface area contributed by atoms with E-state index in [0.29, 0.717) is 18.4 Å². The molecule has 5 heteroatoms. The largest absolute Gasteiger partial charge is 0.455 e. The molecular weight excluding hydrogens is 300 g/mol. The van der Waals surface area contributed by atoms with Gasteiger partial charge in [0, 0.05) is 5.56 Å². The first-order valence-corrected chi connectivity index (χ1v) is 8.57. The summed E-state index contributed by atoms with van der Waals surface area (Å²) in [5.74, 6) is 0.552. The zero-order chi connectivity index (χ0) is 16.3. The van der Waals surface area contributed by atoms with Gasteiger partial charge in [-0.25, -0.2) is 4.79 Å². The van der Waals surface area contributed by atoms with Gasteiger partial charge in [-0.15, -0.1) is 0 Å². The molecule has 0 aliphatic carbocycles. The topological polar surface area (TPSA) is 63.6 Å². The van der Waals surface area contributed by atoms with E-state index in [1.807, 2.05) is 32.9 Å². The molecule has 0 saturated carbocycles. The quantitative estimate of drug-likeness (QED) is 0.682. The predicted molar refractivity (Wildman–Crippen MR) is 87.5 cm³/mol. The highest BCUT2D eigenvalue weighted by Gasteiger charge is 2.39. The van der Waals surface area contributed by atoms with Crippen LogP contribution in [0.3, 0.4) is 0 Å². The number of rotatable bonds is 4. The summed E-state index contributed by atoms with van der Waals surface area (Å²) in [5.41, 5.74) is 2.17. The monoisotopic (exact) mass is 322 g/mol. The van der Waals surface area contributed by atoms with Gasteiger partial charge < -0.3 is 9.84 Å². The minimum Gasteiger partial charge on any atom is -0.455 e. The van der Waals surface area contributed by atoms with Crippen LogP contribution in [-0.2, 0) is 9.53 Å². The van der Waals surface area contributed by atoms with Crippen LogP contribution in [0.5, 0.6) is 0 Å². The number of thioether (sulfide) groups is 1. The Labute approximate surface area is 135 Å². The summed E-state index contributed by atoms with van der Waals surface area (Å²) >= 11 is 1.71. The molecule has 0 amide bonds. The highest BCUT2D eigenvalue weighted by Crippen LogP contribution is 2.28. The van der Waals surface area contributed by atoms with Gasteiger partial charge in [0.25, 0.3) is 0 Å². The average Bonchev–Trinajstić information content (AvgIpc) is 2.48. The molecule has 1 saturated heterocycles. The van der Waals surface area contributed by atoms with Gasteiger partial charge in [0.2, 0.25) is 5.78 Å². The van der Waals surface area contributed by atoms with Crippen LogP contribution in [0.15, 0.2) is 12.1 Å². The molecule has 1 aromatic carbocycles. The molecule has 4 nitrogen and oxygen atoms in total. The maximum Gasteiger partial charge on any atom is 0.338 e. The van der Waals surface area contributed by atoms with Crippen LogP contribution in [0.4, 0.5) is 0 Å². The second-order valence-electron chi connectivity index (χ2n) is 5.89. The Balaban J connectivity index is 2.01. The van der Waals surface area contributed by atoms with Crippen LogP contribution in [0, 0.1) is 20.8 Å². The Morgan fingerprint density at radius 2 is 1.73 bits per heavy atom. The third-order valence-electron chi connectivity index (χ3n) is 4.18. The third-order valence-corrected chi connectivity index (χ3v) is 5.16. The molecule has 1 N–H and O–H groups in total. The second-order valence-corrected chi connectivity index (χ2v) is 7.12. The molecule has 120 valence electrons. The van der Waals surface area contributed by atoms with Crippen molar-refractivity contribution in [3.05, 3.63) is 34.4 Å². The summed E-state index contributed by atoms with van der Waals surface area (Å²) in [6, 6.07) is 3.78. The van der Waals surface area contributed by atoms with E-state index in [2.05, 4.69) is 0 Å². The van der Waals surface area contributed by atoms with Crippen LogP contribution in [0.25, 0.3) is 0 Å². The van der Waals surface area contributed by atoms with Crippen molar-refractivity contribution in [2.24, 2.45) is 0 Å². The SMILES string of the molecule is Cc1cc(C)c(C(=O)COC(=O)C2(O)CCSCC2)cc1C. The van der Waals surface area contributed by atoms with Crippen LogP contribution in [0.2, 0.25) is 0 Å². The summed E-state index contributed by atoms with van der Waals surface area (Å²) in [6.07, 6.45) is 0.765. The number of ketones is 1. The summed E-state index contributed by atoms with van der Waals surface area (Å²) in [5, 5.41) is 10.3. The fourth-order valence-corrected chi connectivity index (χ4v) is 3.69. The van der Waals surface area contributed by atoms with Gasteiger partial charge in [-0.3, -0.25) is 4.79 Å². The summed E-state index contributed by atoms with van der Waals surface area (Å²) < 4.78 is 5.08. The Morgan fingerprint density at radius 3 is 2.36 bits per heavy atom. The van der Waals surface area contributed by atoms with Gasteiger partial charge in [-0.1, -0.05) is 6.07 Å². The molecule has 1 aliphatic rings. The molecule has 0 aromatic heterocycles. The zero-order valence-electron chi connectivity index (χ0n) is 13.3. The zero-order valence-corrected chi connectivity index (χ0v) is 14.1. The first-order chi connectivity index (χ1) is 10.3. The van der Waals surface area contributed by atoms with Gasteiger partial charge >= 0.3 is 5.97 Å². The Hall–Kier alpha value is -1.33. The van der Waals surface area contributed by atoms with Gasteiger partial charge in [-0.05, 0) is 67.9 Å². The van der Waals surface area contributed by atoms with E-state index in [-0.39, 0.29) is 12.4 Å². The van der Waals surface area contributed by atoms with Crippen LogP contribution in [-0.4, -0.2) is 40.6 Å². The van der Waals surface area contributed by atoms with E-state index in [0.717, 1.165) is 28.2 Å².